The first-order valence-electron chi connectivity index (χ1n) is 11.1. The summed E-state index contributed by atoms with van der Waals surface area (Å²) >= 11 is 0.753. The molecule has 9 nitrogen and oxygen atoms in total. The molecule has 0 amide bonds. The standard InChI is InChI=1S/C21H26F2N6O3S2/c1-12-7-13(11-30)3-6-28(12)15-8-14(34(31,32)27-21(2)4-5-21)10-29-16(9-24-18(15)29)19-25-26-20(33-19)17(22)23/h8-10,12-13,17,27,30H,3-7,11H2,1-2H3. The highest BCUT2D eigenvalue weighted by atomic mass is 32.2. The first kappa shape index (κ1) is 23.5. The molecular formula is C21H26F2N6O3S2. The van der Waals surface area contributed by atoms with Gasteiger partial charge in [-0.3, -0.25) is 4.40 Å². The van der Waals surface area contributed by atoms with Crippen LogP contribution >= 0.6 is 11.3 Å². The largest absolute Gasteiger partial charge is 0.396 e. The Morgan fingerprint density at radius 2 is 2.12 bits per heavy atom. The van der Waals surface area contributed by atoms with E-state index in [-0.39, 0.29) is 28.5 Å². The zero-order chi connectivity index (χ0) is 24.3. The minimum absolute atomic E-state index is 0.0497. The van der Waals surface area contributed by atoms with Crippen molar-refractivity contribution in [1.29, 1.82) is 0 Å². The molecule has 1 saturated heterocycles. The van der Waals surface area contributed by atoms with E-state index >= 15 is 0 Å². The molecule has 3 aromatic rings. The molecular weight excluding hydrogens is 486 g/mol. The van der Waals surface area contributed by atoms with Crippen LogP contribution in [0.25, 0.3) is 16.3 Å². The lowest BCUT2D eigenvalue weighted by Crippen LogP contribution is -2.42. The highest BCUT2D eigenvalue weighted by Crippen LogP contribution is 2.38. The summed E-state index contributed by atoms with van der Waals surface area (Å²) < 4.78 is 57.2. The van der Waals surface area contributed by atoms with Gasteiger partial charge in [0.1, 0.15) is 10.6 Å². The molecule has 1 saturated carbocycles. The highest BCUT2D eigenvalue weighted by molar-refractivity contribution is 7.89. The Hall–Kier alpha value is -2.22. The number of sulfonamides is 1. The van der Waals surface area contributed by atoms with Crippen molar-refractivity contribution in [1.82, 2.24) is 24.3 Å². The predicted molar refractivity (Wildman–Crippen MR) is 124 cm³/mol. The molecule has 13 heteroatoms. The smallest absolute Gasteiger partial charge is 0.291 e. The molecule has 1 aliphatic carbocycles. The fraction of sp³-hybridized carbons (Fsp3) is 0.571. The van der Waals surface area contributed by atoms with Gasteiger partial charge in [0.15, 0.2) is 15.7 Å². The summed E-state index contributed by atoms with van der Waals surface area (Å²) in [5.74, 6) is 0.190. The van der Waals surface area contributed by atoms with Crippen LogP contribution in [-0.2, 0) is 10.0 Å². The minimum Gasteiger partial charge on any atom is -0.396 e. The molecule has 3 aromatic heterocycles. The van der Waals surface area contributed by atoms with E-state index in [0.717, 1.165) is 37.0 Å². The van der Waals surface area contributed by atoms with E-state index in [9.17, 15) is 22.3 Å². The summed E-state index contributed by atoms with van der Waals surface area (Å²) in [6.07, 6.45) is 3.29. The van der Waals surface area contributed by atoms with Gasteiger partial charge < -0.3 is 10.0 Å². The minimum atomic E-state index is -3.84. The van der Waals surface area contributed by atoms with Gasteiger partial charge in [0.05, 0.1) is 11.9 Å². The monoisotopic (exact) mass is 512 g/mol. The zero-order valence-corrected chi connectivity index (χ0v) is 20.4. The molecule has 184 valence electrons. The van der Waals surface area contributed by atoms with Crippen LogP contribution in [0.15, 0.2) is 23.4 Å². The highest BCUT2D eigenvalue weighted by Gasteiger charge is 2.41. The number of hydrogen-bond acceptors (Lipinski definition) is 8. The molecule has 0 spiro atoms. The average Bonchev–Trinajstić information content (AvgIpc) is 3.18. The number of anilines is 1. The van der Waals surface area contributed by atoms with Crippen molar-refractivity contribution in [2.24, 2.45) is 5.92 Å². The van der Waals surface area contributed by atoms with Crippen molar-refractivity contribution in [2.45, 2.75) is 62.4 Å². The van der Waals surface area contributed by atoms with Gasteiger partial charge in [-0.05, 0) is 51.5 Å². The Bertz CT molecular complexity index is 1320. The molecule has 2 unspecified atom stereocenters. The number of aliphatic hydroxyl groups is 1. The van der Waals surface area contributed by atoms with Crippen LogP contribution in [0.1, 0.15) is 51.0 Å². The maximum absolute atomic E-state index is 13.3. The number of nitrogens with one attached hydrogen (secondary N) is 1. The Balaban J connectivity index is 1.65. The predicted octanol–water partition coefficient (Wildman–Crippen LogP) is 3.22. The number of fused-ring (bicyclic) bond motifs is 1. The van der Waals surface area contributed by atoms with Crippen molar-refractivity contribution < 1.29 is 22.3 Å². The maximum Gasteiger partial charge on any atom is 0.291 e. The fourth-order valence-corrected chi connectivity index (χ4v) is 6.64. The van der Waals surface area contributed by atoms with Crippen LogP contribution in [-0.4, -0.2) is 57.8 Å². The van der Waals surface area contributed by atoms with Gasteiger partial charge in [0, 0.05) is 30.9 Å². The summed E-state index contributed by atoms with van der Waals surface area (Å²) in [4.78, 5) is 6.68. The summed E-state index contributed by atoms with van der Waals surface area (Å²) in [6, 6.07) is 1.68. The Labute approximate surface area is 199 Å². The maximum atomic E-state index is 13.3. The van der Waals surface area contributed by atoms with Crippen molar-refractivity contribution in [3.05, 3.63) is 23.5 Å². The number of pyridine rings is 1. The van der Waals surface area contributed by atoms with Crippen molar-refractivity contribution >= 4 is 32.7 Å². The van der Waals surface area contributed by atoms with Gasteiger partial charge in [0.25, 0.3) is 6.43 Å². The third-order valence-electron chi connectivity index (χ3n) is 6.65. The number of rotatable bonds is 7. The van der Waals surface area contributed by atoms with Crippen LogP contribution in [0.3, 0.4) is 0 Å². The second-order valence-corrected chi connectivity index (χ2v) is 12.1. The van der Waals surface area contributed by atoms with Crippen LogP contribution in [0.5, 0.6) is 0 Å². The first-order chi connectivity index (χ1) is 16.1. The van der Waals surface area contributed by atoms with Crippen molar-refractivity contribution in [3.8, 4) is 10.7 Å². The molecule has 2 N–H and O–H groups in total. The molecule has 1 aliphatic heterocycles. The van der Waals surface area contributed by atoms with Gasteiger partial charge in [0.2, 0.25) is 10.0 Å². The Morgan fingerprint density at radius 3 is 2.74 bits per heavy atom. The molecule has 2 aliphatic rings. The third kappa shape index (κ3) is 4.30. The normalized spacial score (nSPS) is 22.6. The van der Waals surface area contributed by atoms with Gasteiger partial charge in [-0.2, -0.15) is 0 Å². The first-order valence-corrected chi connectivity index (χ1v) is 13.4. The number of alkyl halides is 2. The van der Waals surface area contributed by atoms with Crippen molar-refractivity contribution in [2.75, 3.05) is 18.1 Å². The van der Waals surface area contributed by atoms with Gasteiger partial charge in [-0.25, -0.2) is 26.9 Å². The molecule has 2 fully saturated rings. The van der Waals surface area contributed by atoms with Crippen LogP contribution in [0.4, 0.5) is 14.5 Å². The lowest BCUT2D eigenvalue weighted by molar-refractivity contribution is 0.150. The van der Waals surface area contributed by atoms with Crippen LogP contribution < -0.4 is 9.62 Å². The molecule has 2 atom stereocenters. The molecule has 4 heterocycles. The Morgan fingerprint density at radius 1 is 1.35 bits per heavy atom. The Kier molecular flexibility index (Phi) is 5.86. The number of aliphatic hydroxyl groups excluding tert-OH is 1. The van der Waals surface area contributed by atoms with E-state index in [1.165, 1.54) is 12.4 Å². The molecule has 0 aromatic carbocycles. The third-order valence-corrected chi connectivity index (χ3v) is 9.21. The van der Waals surface area contributed by atoms with Crippen LogP contribution in [0.2, 0.25) is 0 Å². The molecule has 5 rings (SSSR count). The van der Waals surface area contributed by atoms with E-state index in [4.69, 9.17) is 0 Å². The second kappa shape index (κ2) is 8.47. The fourth-order valence-electron chi connectivity index (χ4n) is 4.45. The van der Waals surface area contributed by atoms with E-state index < -0.39 is 27.0 Å². The summed E-state index contributed by atoms with van der Waals surface area (Å²) in [6.45, 7) is 4.64. The summed E-state index contributed by atoms with van der Waals surface area (Å²) in [5, 5.41) is 16.9. The second-order valence-electron chi connectivity index (χ2n) is 9.43. The molecule has 0 bridgehead atoms. The number of nitrogens with zero attached hydrogens (tertiary/aromatic N) is 5. The van der Waals surface area contributed by atoms with Gasteiger partial charge in [-0.1, -0.05) is 11.3 Å². The summed E-state index contributed by atoms with van der Waals surface area (Å²) in [7, 11) is -3.84. The lowest BCUT2D eigenvalue weighted by Gasteiger charge is -2.39. The van der Waals surface area contributed by atoms with E-state index in [1.807, 2.05) is 13.8 Å². The number of aromatic nitrogens is 4. The number of hydrogen-bond donors (Lipinski definition) is 2. The number of halogens is 2. The van der Waals surface area contributed by atoms with E-state index in [0.29, 0.717) is 23.6 Å². The van der Waals surface area contributed by atoms with E-state index in [2.05, 4.69) is 24.8 Å². The van der Waals surface area contributed by atoms with Gasteiger partial charge in [-0.15, -0.1) is 10.2 Å². The zero-order valence-electron chi connectivity index (χ0n) is 18.8. The van der Waals surface area contributed by atoms with Crippen molar-refractivity contribution in [3.63, 3.8) is 0 Å². The molecule has 0 radical (unpaired) electrons. The van der Waals surface area contributed by atoms with Gasteiger partial charge >= 0.3 is 0 Å². The summed E-state index contributed by atoms with van der Waals surface area (Å²) in [5.41, 5.74) is 1.09. The average molecular weight is 513 g/mol. The number of piperidine rings is 1. The lowest BCUT2D eigenvalue weighted by atomic mass is 9.92. The SMILES string of the molecule is CC1CC(CO)CCN1c1cc(S(=O)(=O)NC2(C)CC2)cn2c(-c3nnc(C(F)F)s3)cnc12. The molecule has 34 heavy (non-hydrogen) atoms. The quantitative estimate of drug-likeness (QED) is 0.500. The topological polar surface area (TPSA) is 113 Å². The number of imidazole rings is 1. The van der Waals surface area contributed by atoms with Crippen LogP contribution in [0, 0.1) is 5.92 Å². The van der Waals surface area contributed by atoms with E-state index in [1.54, 1.807) is 10.5 Å².